The third kappa shape index (κ3) is 3.64. The van der Waals surface area contributed by atoms with Crippen molar-refractivity contribution < 1.29 is 4.39 Å². The van der Waals surface area contributed by atoms with E-state index in [1.807, 2.05) is 6.07 Å². The lowest BCUT2D eigenvalue weighted by Crippen LogP contribution is -2.41. The largest absolute Gasteiger partial charge is 0.357 e. The molecule has 3 heterocycles. The van der Waals surface area contributed by atoms with Crippen LogP contribution in [0.2, 0.25) is 5.02 Å². The van der Waals surface area contributed by atoms with Crippen LogP contribution in [0.5, 0.6) is 0 Å². The van der Waals surface area contributed by atoms with E-state index >= 15 is 0 Å². The second-order valence-corrected chi connectivity index (χ2v) is 8.76. The molecule has 2 atom stereocenters. The summed E-state index contributed by atoms with van der Waals surface area (Å²) in [4.78, 5) is 8.57. The molecular formula is C21H29ClFN3. The number of H-pyrrole nitrogens is 1. The molecular weight excluding hydrogens is 349 g/mol. The number of likely N-dealkylation sites (tertiary alicyclic amines) is 1. The number of rotatable bonds is 5. The van der Waals surface area contributed by atoms with E-state index in [4.69, 9.17) is 11.6 Å². The second kappa shape index (κ2) is 7.49. The number of halogens is 2. The predicted octanol–water partition coefficient (Wildman–Crippen LogP) is 4.81. The van der Waals surface area contributed by atoms with Crippen molar-refractivity contribution in [1.82, 2.24) is 14.8 Å². The number of hydrogen-bond donors (Lipinski definition) is 1. The van der Waals surface area contributed by atoms with E-state index in [9.17, 15) is 4.39 Å². The minimum absolute atomic E-state index is 0.411. The fourth-order valence-electron chi connectivity index (χ4n) is 4.63. The third-order valence-electron chi connectivity index (χ3n) is 5.94. The van der Waals surface area contributed by atoms with Gasteiger partial charge in [-0.15, -0.1) is 0 Å². The zero-order valence-electron chi connectivity index (χ0n) is 15.8. The summed E-state index contributed by atoms with van der Waals surface area (Å²) in [6.07, 6.45) is 2.25. The van der Waals surface area contributed by atoms with E-state index in [2.05, 4.69) is 40.8 Å². The van der Waals surface area contributed by atoms with Gasteiger partial charge in [0.2, 0.25) is 0 Å². The molecule has 142 valence electrons. The fourth-order valence-corrected chi connectivity index (χ4v) is 4.80. The first-order valence-corrected chi connectivity index (χ1v) is 10.3. The van der Waals surface area contributed by atoms with E-state index in [1.54, 1.807) is 0 Å². The molecule has 0 radical (unpaired) electrons. The summed E-state index contributed by atoms with van der Waals surface area (Å²) in [5.74, 6) is 0.630. The summed E-state index contributed by atoms with van der Waals surface area (Å²) in [6, 6.07) is 6.56. The fraction of sp³-hybridized carbons (Fsp3) is 0.619. The van der Waals surface area contributed by atoms with Gasteiger partial charge in [-0.25, -0.2) is 4.39 Å². The summed E-state index contributed by atoms with van der Waals surface area (Å²) in [5.41, 5.74) is 4.00. The van der Waals surface area contributed by atoms with Gasteiger partial charge < -0.3 is 4.98 Å². The van der Waals surface area contributed by atoms with Gasteiger partial charge >= 0.3 is 0 Å². The number of fused-ring (bicyclic) bond motifs is 3. The van der Waals surface area contributed by atoms with Crippen LogP contribution < -0.4 is 0 Å². The molecule has 0 saturated carbocycles. The van der Waals surface area contributed by atoms with Gasteiger partial charge in [0.15, 0.2) is 0 Å². The molecule has 2 unspecified atom stereocenters. The lowest BCUT2D eigenvalue weighted by Gasteiger charge is -2.37. The first-order valence-electron chi connectivity index (χ1n) is 9.91. The predicted molar refractivity (Wildman–Crippen MR) is 107 cm³/mol. The summed E-state index contributed by atoms with van der Waals surface area (Å²) < 4.78 is 13.5. The number of aromatic nitrogens is 1. The van der Waals surface area contributed by atoms with Gasteiger partial charge in [0.25, 0.3) is 0 Å². The molecule has 0 amide bonds. The van der Waals surface area contributed by atoms with E-state index in [0.29, 0.717) is 24.9 Å². The van der Waals surface area contributed by atoms with Crippen molar-refractivity contribution in [3.8, 4) is 0 Å². The topological polar surface area (TPSA) is 22.3 Å². The minimum atomic E-state index is -0.632. The molecule has 1 aromatic heterocycles. The van der Waals surface area contributed by atoms with Crippen LogP contribution in [0.1, 0.15) is 44.0 Å². The molecule has 0 spiro atoms. The van der Waals surface area contributed by atoms with Crippen LogP contribution in [0.3, 0.4) is 0 Å². The van der Waals surface area contributed by atoms with Crippen LogP contribution in [-0.2, 0) is 6.42 Å². The van der Waals surface area contributed by atoms with Gasteiger partial charge in [-0.2, -0.15) is 0 Å². The maximum absolute atomic E-state index is 13.5. The second-order valence-electron chi connectivity index (χ2n) is 8.33. The molecule has 2 aliphatic rings. The van der Waals surface area contributed by atoms with Crippen LogP contribution in [0.25, 0.3) is 10.9 Å². The normalized spacial score (nSPS) is 24.7. The molecule has 1 N–H and O–H groups in total. The molecule has 2 aliphatic heterocycles. The zero-order chi connectivity index (χ0) is 18.3. The number of benzene rings is 1. The molecule has 0 bridgehead atoms. The van der Waals surface area contributed by atoms with E-state index in [1.165, 1.54) is 22.2 Å². The first kappa shape index (κ1) is 18.3. The lowest BCUT2D eigenvalue weighted by atomic mass is 9.91. The van der Waals surface area contributed by atoms with Crippen molar-refractivity contribution in [3.63, 3.8) is 0 Å². The van der Waals surface area contributed by atoms with Crippen molar-refractivity contribution in [2.45, 2.75) is 45.3 Å². The maximum Gasteiger partial charge on any atom is 0.114 e. The Kier molecular flexibility index (Phi) is 5.27. The molecule has 1 fully saturated rings. The molecule has 26 heavy (non-hydrogen) atoms. The Morgan fingerprint density at radius 3 is 2.85 bits per heavy atom. The number of nitrogens with one attached hydrogen (secondary N) is 1. The van der Waals surface area contributed by atoms with Crippen LogP contribution in [0, 0.1) is 5.92 Å². The smallest absolute Gasteiger partial charge is 0.114 e. The molecule has 1 aromatic carbocycles. The van der Waals surface area contributed by atoms with Crippen molar-refractivity contribution in [2.75, 3.05) is 32.7 Å². The van der Waals surface area contributed by atoms with Gasteiger partial charge in [0, 0.05) is 54.3 Å². The quantitative estimate of drug-likeness (QED) is 0.807. The molecule has 4 rings (SSSR count). The average Bonchev–Trinajstić information content (AvgIpc) is 3.17. The Bertz CT molecular complexity index is 772. The summed E-state index contributed by atoms with van der Waals surface area (Å²) in [5, 5.41) is 2.08. The Morgan fingerprint density at radius 1 is 1.27 bits per heavy atom. The van der Waals surface area contributed by atoms with Gasteiger partial charge in [-0.05, 0) is 48.9 Å². The lowest BCUT2D eigenvalue weighted by molar-refractivity contribution is 0.139. The maximum atomic E-state index is 13.5. The standard InChI is InChI=1S/C21H29ClFN3/c1-14(2)11-20-21-17(18-12-15(22)3-4-19(18)24-21)6-8-26(20)10-9-25-7-5-16(23)13-25/h3-4,12,14,16,20,24H,5-11,13H2,1-2H3. The van der Waals surface area contributed by atoms with Crippen molar-refractivity contribution in [3.05, 3.63) is 34.5 Å². The minimum Gasteiger partial charge on any atom is -0.357 e. The molecule has 2 aromatic rings. The van der Waals surface area contributed by atoms with Crippen molar-refractivity contribution >= 4 is 22.5 Å². The third-order valence-corrected chi connectivity index (χ3v) is 6.17. The molecule has 1 saturated heterocycles. The summed E-state index contributed by atoms with van der Waals surface area (Å²) in [7, 11) is 0. The van der Waals surface area contributed by atoms with Crippen molar-refractivity contribution in [2.24, 2.45) is 5.92 Å². The summed E-state index contributed by atoms with van der Waals surface area (Å²) >= 11 is 6.24. The number of aromatic amines is 1. The highest BCUT2D eigenvalue weighted by Crippen LogP contribution is 2.38. The monoisotopic (exact) mass is 377 g/mol. The zero-order valence-corrected chi connectivity index (χ0v) is 16.5. The number of hydrogen-bond acceptors (Lipinski definition) is 2. The highest BCUT2D eigenvalue weighted by Gasteiger charge is 2.31. The van der Waals surface area contributed by atoms with Gasteiger partial charge in [0.05, 0.1) is 6.04 Å². The average molecular weight is 378 g/mol. The summed E-state index contributed by atoms with van der Waals surface area (Å²) in [6.45, 7) is 9.14. The number of nitrogens with zero attached hydrogens (tertiary/aromatic N) is 2. The highest BCUT2D eigenvalue weighted by atomic mass is 35.5. The SMILES string of the molecule is CC(C)CC1c2[nH]c3ccc(Cl)cc3c2CCN1CCN1CCC(F)C1. The Morgan fingerprint density at radius 2 is 2.12 bits per heavy atom. The highest BCUT2D eigenvalue weighted by molar-refractivity contribution is 6.31. The van der Waals surface area contributed by atoms with Crippen LogP contribution in [0.4, 0.5) is 4.39 Å². The Balaban J connectivity index is 1.57. The van der Waals surface area contributed by atoms with E-state index in [-0.39, 0.29) is 0 Å². The molecule has 5 heteroatoms. The van der Waals surface area contributed by atoms with Crippen molar-refractivity contribution in [1.29, 1.82) is 0 Å². The van der Waals surface area contributed by atoms with Crippen LogP contribution in [0.15, 0.2) is 18.2 Å². The van der Waals surface area contributed by atoms with Gasteiger partial charge in [0.1, 0.15) is 6.17 Å². The van der Waals surface area contributed by atoms with Crippen LogP contribution in [-0.4, -0.2) is 53.7 Å². The van der Waals surface area contributed by atoms with Gasteiger partial charge in [-0.3, -0.25) is 9.80 Å². The number of alkyl halides is 1. The van der Waals surface area contributed by atoms with E-state index < -0.39 is 6.17 Å². The van der Waals surface area contributed by atoms with Crippen LogP contribution >= 0.6 is 11.6 Å². The Hall–Kier alpha value is -1.10. The first-order chi connectivity index (χ1) is 12.5. The van der Waals surface area contributed by atoms with Gasteiger partial charge in [-0.1, -0.05) is 25.4 Å². The Labute approximate surface area is 160 Å². The molecule has 3 nitrogen and oxygen atoms in total. The molecule has 0 aliphatic carbocycles. The van der Waals surface area contributed by atoms with E-state index in [0.717, 1.165) is 44.0 Å².